The summed E-state index contributed by atoms with van der Waals surface area (Å²) in [5.74, 6) is -0.0723. The molecule has 1 amide bonds. The van der Waals surface area contributed by atoms with Gasteiger partial charge in [-0.05, 0) is 68.1 Å². The summed E-state index contributed by atoms with van der Waals surface area (Å²) in [7, 11) is 0. The lowest BCUT2D eigenvalue weighted by molar-refractivity contribution is 0.102. The zero-order valence-electron chi connectivity index (χ0n) is 12.2. The Labute approximate surface area is 128 Å². The fourth-order valence-electron chi connectivity index (χ4n) is 2.16. The Kier molecular flexibility index (Phi) is 4.29. The maximum atomic E-state index is 12.4. The van der Waals surface area contributed by atoms with E-state index in [2.05, 4.69) is 28.2 Å². The zero-order valence-corrected chi connectivity index (χ0v) is 13.8. The number of carbonyl (C=O) groups is 1. The summed E-state index contributed by atoms with van der Waals surface area (Å²) in [5, 5.41) is 2.95. The molecule has 0 bridgehead atoms. The molecule has 2 nitrogen and oxygen atoms in total. The summed E-state index contributed by atoms with van der Waals surface area (Å²) in [6, 6.07) is 9.70. The van der Waals surface area contributed by atoms with Crippen molar-refractivity contribution in [3.05, 3.63) is 62.6 Å². The van der Waals surface area contributed by atoms with E-state index in [9.17, 15) is 4.79 Å². The molecule has 0 fully saturated rings. The molecule has 2 rings (SSSR count). The highest BCUT2D eigenvalue weighted by Gasteiger charge is 2.14. The highest BCUT2D eigenvalue weighted by molar-refractivity contribution is 9.10. The van der Waals surface area contributed by atoms with E-state index in [0.717, 1.165) is 26.9 Å². The Balaban J connectivity index is 2.35. The van der Waals surface area contributed by atoms with Crippen LogP contribution in [-0.2, 0) is 0 Å². The Hall–Kier alpha value is -1.61. The number of hydrogen-bond donors (Lipinski definition) is 1. The van der Waals surface area contributed by atoms with Crippen LogP contribution in [0.1, 0.15) is 32.6 Å². The van der Waals surface area contributed by atoms with E-state index in [1.54, 1.807) is 0 Å². The third-order valence-electron chi connectivity index (χ3n) is 3.68. The van der Waals surface area contributed by atoms with Gasteiger partial charge < -0.3 is 5.32 Å². The molecule has 1 N–H and O–H groups in total. The summed E-state index contributed by atoms with van der Waals surface area (Å²) in [6.07, 6.45) is 0. The lowest BCUT2D eigenvalue weighted by Crippen LogP contribution is -2.14. The molecule has 0 aliphatic rings. The Morgan fingerprint density at radius 1 is 1.00 bits per heavy atom. The van der Waals surface area contributed by atoms with Crippen LogP contribution >= 0.6 is 15.9 Å². The van der Waals surface area contributed by atoms with Gasteiger partial charge in [-0.2, -0.15) is 0 Å². The largest absolute Gasteiger partial charge is 0.322 e. The van der Waals surface area contributed by atoms with E-state index in [4.69, 9.17) is 0 Å². The molecule has 0 heterocycles. The van der Waals surface area contributed by atoms with Crippen molar-refractivity contribution in [3.8, 4) is 0 Å². The van der Waals surface area contributed by atoms with Crippen LogP contribution < -0.4 is 5.32 Å². The first kappa shape index (κ1) is 14.8. The van der Waals surface area contributed by atoms with Crippen molar-refractivity contribution >= 4 is 27.5 Å². The fourth-order valence-corrected chi connectivity index (χ4v) is 2.69. The van der Waals surface area contributed by atoms with Crippen molar-refractivity contribution < 1.29 is 4.79 Å². The van der Waals surface area contributed by atoms with Gasteiger partial charge in [0, 0.05) is 15.7 Å². The summed E-state index contributed by atoms with van der Waals surface area (Å²) >= 11 is 3.52. The second-order valence-corrected chi connectivity index (χ2v) is 5.96. The molecule has 0 aliphatic heterocycles. The van der Waals surface area contributed by atoms with Gasteiger partial charge in [-0.15, -0.1) is 0 Å². The van der Waals surface area contributed by atoms with Gasteiger partial charge in [0.1, 0.15) is 0 Å². The van der Waals surface area contributed by atoms with Gasteiger partial charge in [0.15, 0.2) is 0 Å². The van der Waals surface area contributed by atoms with E-state index in [0.29, 0.717) is 5.56 Å². The van der Waals surface area contributed by atoms with Gasteiger partial charge >= 0.3 is 0 Å². The van der Waals surface area contributed by atoms with Gasteiger partial charge in [-0.25, -0.2) is 0 Å². The van der Waals surface area contributed by atoms with Crippen LogP contribution in [0, 0.1) is 27.7 Å². The number of benzene rings is 2. The Morgan fingerprint density at radius 3 is 2.35 bits per heavy atom. The number of amides is 1. The zero-order chi connectivity index (χ0) is 14.9. The smallest absolute Gasteiger partial charge is 0.255 e. The van der Waals surface area contributed by atoms with E-state index >= 15 is 0 Å². The average molecular weight is 332 g/mol. The highest BCUT2D eigenvalue weighted by Crippen LogP contribution is 2.26. The summed E-state index contributed by atoms with van der Waals surface area (Å²) in [6.45, 7) is 8.08. The van der Waals surface area contributed by atoms with Crippen LogP contribution in [0.25, 0.3) is 0 Å². The predicted molar refractivity (Wildman–Crippen MR) is 87.5 cm³/mol. The lowest BCUT2D eigenvalue weighted by Gasteiger charge is -2.13. The van der Waals surface area contributed by atoms with E-state index < -0.39 is 0 Å². The lowest BCUT2D eigenvalue weighted by atomic mass is 9.98. The molecule has 0 spiro atoms. The molecule has 0 atom stereocenters. The summed E-state index contributed by atoms with van der Waals surface area (Å²) in [5.41, 5.74) is 6.00. The normalized spacial score (nSPS) is 10.4. The first-order chi connectivity index (χ1) is 9.40. The molecular weight excluding hydrogens is 314 g/mol. The minimum absolute atomic E-state index is 0.0723. The van der Waals surface area contributed by atoms with Crippen LogP contribution in [0.4, 0.5) is 5.69 Å². The summed E-state index contributed by atoms with van der Waals surface area (Å²) in [4.78, 5) is 12.4. The minimum atomic E-state index is -0.0723. The third kappa shape index (κ3) is 2.93. The van der Waals surface area contributed by atoms with Crippen LogP contribution in [0.5, 0.6) is 0 Å². The van der Waals surface area contributed by atoms with Gasteiger partial charge in [0.25, 0.3) is 5.91 Å². The van der Waals surface area contributed by atoms with E-state index in [1.807, 2.05) is 51.1 Å². The second kappa shape index (κ2) is 5.80. The van der Waals surface area contributed by atoms with Crippen LogP contribution in [0.3, 0.4) is 0 Å². The number of nitrogens with one attached hydrogen (secondary N) is 1. The maximum absolute atomic E-state index is 12.4. The van der Waals surface area contributed by atoms with E-state index in [1.165, 1.54) is 5.56 Å². The quantitative estimate of drug-likeness (QED) is 0.830. The van der Waals surface area contributed by atoms with Gasteiger partial charge in [-0.3, -0.25) is 4.79 Å². The molecule has 2 aromatic rings. The van der Waals surface area contributed by atoms with Crippen molar-refractivity contribution in [2.45, 2.75) is 27.7 Å². The molecule has 0 unspecified atom stereocenters. The molecule has 0 aromatic heterocycles. The highest BCUT2D eigenvalue weighted by atomic mass is 79.9. The fraction of sp³-hybridized carbons (Fsp3) is 0.235. The van der Waals surface area contributed by atoms with Gasteiger partial charge in [-0.1, -0.05) is 28.1 Å². The van der Waals surface area contributed by atoms with Crippen LogP contribution in [-0.4, -0.2) is 5.91 Å². The Bertz CT molecular complexity index is 677. The third-order valence-corrected chi connectivity index (χ3v) is 4.50. The van der Waals surface area contributed by atoms with Crippen molar-refractivity contribution in [2.75, 3.05) is 5.32 Å². The SMILES string of the molecule is Cc1cccc(NC(=O)c2cc(Br)c(C)c(C)c2C)c1. The topological polar surface area (TPSA) is 29.1 Å². The Morgan fingerprint density at radius 2 is 1.70 bits per heavy atom. The first-order valence-electron chi connectivity index (χ1n) is 6.54. The second-order valence-electron chi connectivity index (χ2n) is 5.10. The van der Waals surface area contributed by atoms with Crippen molar-refractivity contribution in [2.24, 2.45) is 0 Å². The molecule has 0 saturated carbocycles. The minimum Gasteiger partial charge on any atom is -0.322 e. The molecule has 0 saturated heterocycles. The number of hydrogen-bond acceptors (Lipinski definition) is 1. The number of carbonyl (C=O) groups excluding carboxylic acids is 1. The standard InChI is InChI=1S/C17H18BrNO/c1-10-6-5-7-14(8-10)19-17(20)15-9-16(18)13(4)11(2)12(15)3/h5-9H,1-4H3,(H,19,20). The predicted octanol–water partition coefficient (Wildman–Crippen LogP) is 4.94. The number of aryl methyl sites for hydroxylation is 1. The summed E-state index contributed by atoms with van der Waals surface area (Å²) < 4.78 is 0.968. The van der Waals surface area contributed by atoms with Crippen molar-refractivity contribution in [1.29, 1.82) is 0 Å². The molecule has 104 valence electrons. The molecule has 20 heavy (non-hydrogen) atoms. The van der Waals surface area contributed by atoms with Crippen LogP contribution in [0.15, 0.2) is 34.8 Å². The molecule has 2 aromatic carbocycles. The van der Waals surface area contributed by atoms with Crippen molar-refractivity contribution in [1.82, 2.24) is 0 Å². The number of halogens is 1. The van der Waals surface area contributed by atoms with Crippen molar-refractivity contribution in [3.63, 3.8) is 0 Å². The molecule has 3 heteroatoms. The van der Waals surface area contributed by atoms with E-state index in [-0.39, 0.29) is 5.91 Å². The first-order valence-corrected chi connectivity index (χ1v) is 7.33. The number of anilines is 1. The molecular formula is C17H18BrNO. The van der Waals surface area contributed by atoms with Gasteiger partial charge in [0.05, 0.1) is 0 Å². The monoisotopic (exact) mass is 331 g/mol. The van der Waals surface area contributed by atoms with Crippen LogP contribution in [0.2, 0.25) is 0 Å². The molecule has 0 radical (unpaired) electrons. The molecule has 0 aliphatic carbocycles. The number of rotatable bonds is 2. The maximum Gasteiger partial charge on any atom is 0.255 e. The van der Waals surface area contributed by atoms with Gasteiger partial charge in [0.2, 0.25) is 0 Å². The average Bonchev–Trinajstić information content (AvgIpc) is 2.40.